The molecule has 1 nitrogen and oxygen atoms in total. The number of rotatable bonds is 4. The fraction of sp³-hybridized carbons (Fsp3) is 0.517. The van der Waals surface area contributed by atoms with Crippen LogP contribution in [0.1, 0.15) is 97.9 Å². The van der Waals surface area contributed by atoms with E-state index in [0.29, 0.717) is 0 Å². The van der Waals surface area contributed by atoms with Crippen LogP contribution in [0.15, 0.2) is 49.6 Å². The summed E-state index contributed by atoms with van der Waals surface area (Å²) in [6, 6.07) is 10.9. The third-order valence-electron chi connectivity index (χ3n) is 4.34. The fourth-order valence-corrected chi connectivity index (χ4v) is 2.13. The summed E-state index contributed by atoms with van der Waals surface area (Å²) in [7, 11) is 2.11. The first kappa shape index (κ1) is 32.6. The van der Waals surface area contributed by atoms with Crippen LogP contribution in [0.3, 0.4) is 0 Å². The molecule has 172 valence electrons. The van der Waals surface area contributed by atoms with Crippen molar-refractivity contribution in [3.8, 4) is 11.3 Å². The highest BCUT2D eigenvalue weighted by Crippen LogP contribution is 2.28. The average Bonchev–Trinajstić information content (AvgIpc) is 3.06. The average molecular weight is 414 g/mol. The monoisotopic (exact) mass is 413 g/mol. The van der Waals surface area contributed by atoms with Crippen molar-refractivity contribution in [2.24, 2.45) is 7.05 Å². The molecule has 1 heteroatoms. The highest BCUT2D eigenvalue weighted by molar-refractivity contribution is 5.72. The van der Waals surface area contributed by atoms with E-state index >= 15 is 0 Å². The molecule has 0 bridgehead atoms. The number of aromatic nitrogens is 1. The van der Waals surface area contributed by atoms with Gasteiger partial charge >= 0.3 is 0 Å². The van der Waals surface area contributed by atoms with Crippen LogP contribution in [0.25, 0.3) is 16.8 Å². The van der Waals surface area contributed by atoms with Gasteiger partial charge in [-0.1, -0.05) is 110 Å². The minimum absolute atomic E-state index is 1.12. The maximum Gasteiger partial charge on any atom is 0.0486 e. The maximum absolute atomic E-state index is 4.04. The predicted molar refractivity (Wildman–Crippen MR) is 143 cm³/mol. The molecule has 0 unspecified atom stereocenters. The predicted octanol–water partition coefficient (Wildman–Crippen LogP) is 10.2. The van der Waals surface area contributed by atoms with E-state index in [1.807, 2.05) is 20.8 Å². The summed E-state index contributed by atoms with van der Waals surface area (Å²) in [5, 5.41) is 0. The summed E-state index contributed by atoms with van der Waals surface area (Å²) in [6.45, 7) is 28.3. The Morgan fingerprint density at radius 2 is 1.27 bits per heavy atom. The van der Waals surface area contributed by atoms with Gasteiger partial charge in [0.2, 0.25) is 0 Å². The fourth-order valence-electron chi connectivity index (χ4n) is 2.13. The second kappa shape index (κ2) is 21.7. The molecular formula is C29H51N. The van der Waals surface area contributed by atoms with Crippen LogP contribution >= 0.6 is 0 Å². The van der Waals surface area contributed by atoms with Crippen molar-refractivity contribution in [1.29, 1.82) is 0 Å². The van der Waals surface area contributed by atoms with Crippen LogP contribution in [0.2, 0.25) is 0 Å². The molecule has 0 radical (unpaired) electrons. The SMILES string of the molecule is C=C(C)c1cc(-c2ccc(C)cc2)n(C)c1C.C=CC.CC.CCCC.CCCC. The Kier molecular flexibility index (Phi) is 23.6. The number of unbranched alkanes of at least 4 members (excludes halogenated alkanes) is 2. The zero-order valence-corrected chi connectivity index (χ0v) is 22.2. The molecular weight excluding hydrogens is 362 g/mol. The molecule has 0 fully saturated rings. The second-order valence-electron chi connectivity index (χ2n) is 7.14. The summed E-state index contributed by atoms with van der Waals surface area (Å²) >= 11 is 0. The molecule has 2 aromatic rings. The Balaban J connectivity index is -0.000000466. The molecule has 1 heterocycles. The van der Waals surface area contributed by atoms with Gasteiger partial charge in [-0.2, -0.15) is 0 Å². The second-order valence-corrected chi connectivity index (χ2v) is 7.14. The topological polar surface area (TPSA) is 4.93 Å². The Labute approximate surface area is 189 Å². The van der Waals surface area contributed by atoms with Crippen molar-refractivity contribution in [2.75, 3.05) is 0 Å². The third-order valence-corrected chi connectivity index (χ3v) is 4.34. The smallest absolute Gasteiger partial charge is 0.0486 e. The number of aryl methyl sites for hydroxylation is 1. The lowest BCUT2D eigenvalue weighted by Crippen LogP contribution is -1.94. The minimum atomic E-state index is 1.12. The molecule has 0 saturated heterocycles. The molecule has 0 aliphatic rings. The van der Waals surface area contributed by atoms with E-state index in [1.165, 1.54) is 53.8 Å². The molecule has 0 aliphatic carbocycles. The van der Waals surface area contributed by atoms with E-state index in [2.05, 4.69) is 104 Å². The number of hydrogen-bond acceptors (Lipinski definition) is 0. The molecule has 30 heavy (non-hydrogen) atoms. The summed E-state index contributed by atoms with van der Waals surface area (Å²) < 4.78 is 2.23. The highest BCUT2D eigenvalue weighted by Gasteiger charge is 2.10. The third kappa shape index (κ3) is 14.0. The van der Waals surface area contributed by atoms with Crippen LogP contribution in [-0.2, 0) is 7.05 Å². The van der Waals surface area contributed by atoms with E-state index in [1.54, 1.807) is 6.08 Å². The normalized spacial score (nSPS) is 8.63. The zero-order valence-electron chi connectivity index (χ0n) is 22.2. The molecule has 0 N–H and O–H groups in total. The summed E-state index contributed by atoms with van der Waals surface area (Å²) in [5.41, 5.74) is 7.45. The number of benzene rings is 1. The minimum Gasteiger partial charge on any atom is -0.347 e. The van der Waals surface area contributed by atoms with Gasteiger partial charge in [0.25, 0.3) is 0 Å². The van der Waals surface area contributed by atoms with Crippen molar-refractivity contribution in [3.05, 3.63) is 66.4 Å². The lowest BCUT2D eigenvalue weighted by molar-refractivity contribution is 0.886. The summed E-state index contributed by atoms with van der Waals surface area (Å²) in [6.07, 6.45) is 7.03. The molecule has 0 aliphatic heterocycles. The number of hydrogen-bond donors (Lipinski definition) is 0. The summed E-state index contributed by atoms with van der Waals surface area (Å²) in [5.74, 6) is 0. The highest BCUT2D eigenvalue weighted by atomic mass is 15.0. The van der Waals surface area contributed by atoms with Crippen molar-refractivity contribution < 1.29 is 0 Å². The van der Waals surface area contributed by atoms with Gasteiger partial charge in [0.05, 0.1) is 0 Å². The molecule has 2 rings (SSSR count). The van der Waals surface area contributed by atoms with E-state index in [4.69, 9.17) is 0 Å². The lowest BCUT2D eigenvalue weighted by atomic mass is 10.1. The molecule has 1 aromatic heterocycles. The van der Waals surface area contributed by atoms with E-state index < -0.39 is 0 Å². The van der Waals surface area contributed by atoms with Gasteiger partial charge in [-0.3, -0.25) is 0 Å². The Bertz CT molecular complexity index is 648. The van der Waals surface area contributed by atoms with Crippen molar-refractivity contribution in [3.63, 3.8) is 0 Å². The van der Waals surface area contributed by atoms with E-state index in [0.717, 1.165) is 5.57 Å². The van der Waals surface area contributed by atoms with Gasteiger partial charge in [-0.05, 0) is 50.5 Å². The number of nitrogens with zero attached hydrogens (tertiary/aromatic N) is 1. The largest absolute Gasteiger partial charge is 0.347 e. The maximum atomic E-state index is 4.04. The molecule has 0 spiro atoms. The van der Waals surface area contributed by atoms with Crippen LogP contribution in [0, 0.1) is 13.8 Å². The van der Waals surface area contributed by atoms with Gasteiger partial charge in [-0.15, -0.1) is 6.58 Å². The van der Waals surface area contributed by atoms with Gasteiger partial charge < -0.3 is 4.57 Å². The van der Waals surface area contributed by atoms with Gasteiger partial charge in [0.15, 0.2) is 0 Å². The Hall–Kier alpha value is -2.02. The van der Waals surface area contributed by atoms with Crippen molar-refractivity contribution >= 4 is 5.57 Å². The van der Waals surface area contributed by atoms with Crippen molar-refractivity contribution in [1.82, 2.24) is 4.57 Å². The first-order valence-corrected chi connectivity index (χ1v) is 11.7. The molecule has 0 amide bonds. The van der Waals surface area contributed by atoms with Crippen LogP contribution in [0.5, 0.6) is 0 Å². The van der Waals surface area contributed by atoms with E-state index in [-0.39, 0.29) is 0 Å². The lowest BCUT2D eigenvalue weighted by Gasteiger charge is -2.05. The molecule has 0 saturated carbocycles. The van der Waals surface area contributed by atoms with Crippen LogP contribution < -0.4 is 0 Å². The quantitative estimate of drug-likeness (QED) is 0.439. The van der Waals surface area contributed by atoms with E-state index in [9.17, 15) is 0 Å². The first-order chi connectivity index (χ1) is 14.2. The van der Waals surface area contributed by atoms with Gasteiger partial charge in [0.1, 0.15) is 0 Å². The Morgan fingerprint density at radius 3 is 1.53 bits per heavy atom. The first-order valence-electron chi connectivity index (χ1n) is 11.7. The van der Waals surface area contributed by atoms with Crippen LogP contribution in [-0.4, -0.2) is 4.57 Å². The molecule has 0 atom stereocenters. The van der Waals surface area contributed by atoms with Gasteiger partial charge in [0, 0.05) is 18.4 Å². The van der Waals surface area contributed by atoms with Crippen molar-refractivity contribution in [2.45, 2.75) is 94.9 Å². The Morgan fingerprint density at radius 1 is 0.900 bits per heavy atom. The summed E-state index contributed by atoms with van der Waals surface area (Å²) in [4.78, 5) is 0. The zero-order chi connectivity index (χ0) is 24.1. The van der Waals surface area contributed by atoms with Gasteiger partial charge in [-0.25, -0.2) is 0 Å². The molecule has 1 aromatic carbocycles. The standard InChI is InChI=1S/C16H19N.2C4H10.C3H6.C2H6/c1-11(2)15-10-16(17(5)13(15)4)14-8-6-12(3)7-9-14;2*1-3-4-2;1-3-2;1-2/h6-10H,1H2,2-5H3;2*3-4H2,1-2H3;3H,1H2,2H3;1-2H3. The number of allylic oxidation sites excluding steroid dienone is 2. The van der Waals surface area contributed by atoms with Crippen LogP contribution in [0.4, 0.5) is 0 Å².